The zero-order valence-electron chi connectivity index (χ0n) is 11.9. The molecule has 1 aliphatic carbocycles. The molecule has 0 radical (unpaired) electrons. The number of hydrogen-bond donors (Lipinski definition) is 2. The second-order valence-corrected chi connectivity index (χ2v) is 7.94. The third-order valence-electron chi connectivity index (χ3n) is 3.72. The molecule has 1 aliphatic rings. The normalized spacial score (nSPS) is 21.3. The first-order valence-electron chi connectivity index (χ1n) is 6.82. The first-order chi connectivity index (χ1) is 9.76. The van der Waals surface area contributed by atoms with Gasteiger partial charge in [0.15, 0.2) is 0 Å². The number of carbonyl (C=O) groups is 1. The number of rotatable bonds is 6. The summed E-state index contributed by atoms with van der Waals surface area (Å²) in [6.07, 6.45) is 2.89. The third-order valence-corrected chi connectivity index (χ3v) is 6.16. The molecule has 0 saturated heterocycles. The van der Waals surface area contributed by atoms with E-state index in [0.717, 1.165) is 19.3 Å². The molecule has 21 heavy (non-hydrogen) atoms. The van der Waals surface area contributed by atoms with Crippen LogP contribution in [0.3, 0.4) is 0 Å². The van der Waals surface area contributed by atoms with Crippen molar-refractivity contribution in [2.45, 2.75) is 44.0 Å². The van der Waals surface area contributed by atoms with Gasteiger partial charge in [0.1, 0.15) is 0 Å². The van der Waals surface area contributed by atoms with Crippen LogP contribution < -0.4 is 4.72 Å². The Hall–Kier alpha value is -0.920. The summed E-state index contributed by atoms with van der Waals surface area (Å²) in [4.78, 5) is 11.1. The predicted molar refractivity (Wildman–Crippen MR) is 83.0 cm³/mol. The Bertz CT molecular complexity index is 672. The van der Waals surface area contributed by atoms with E-state index < -0.39 is 16.0 Å². The van der Waals surface area contributed by atoms with Crippen molar-refractivity contribution in [2.24, 2.45) is 5.92 Å². The fraction of sp³-hybridized carbons (Fsp3) is 0.500. The van der Waals surface area contributed by atoms with Crippen LogP contribution in [0, 0.1) is 12.8 Å². The number of carboxylic acids is 1. The largest absolute Gasteiger partial charge is 0.478 e. The molecule has 0 amide bonds. The van der Waals surface area contributed by atoms with Gasteiger partial charge in [0.05, 0.1) is 10.5 Å². The van der Waals surface area contributed by atoms with Crippen LogP contribution in [0.5, 0.6) is 0 Å². The highest BCUT2D eigenvalue weighted by molar-refractivity contribution is 9.10. The fourth-order valence-corrected chi connectivity index (χ4v) is 4.60. The molecule has 1 aromatic rings. The lowest BCUT2D eigenvalue weighted by Crippen LogP contribution is -2.28. The molecule has 7 heteroatoms. The summed E-state index contributed by atoms with van der Waals surface area (Å²) in [6.45, 7) is 3.72. The topological polar surface area (TPSA) is 83.5 Å². The van der Waals surface area contributed by atoms with Crippen LogP contribution in [-0.4, -0.2) is 25.5 Å². The number of hydrogen-bond acceptors (Lipinski definition) is 3. The first kappa shape index (κ1) is 16.5. The summed E-state index contributed by atoms with van der Waals surface area (Å²) in [5, 5.41) is 9.06. The van der Waals surface area contributed by atoms with E-state index in [4.69, 9.17) is 5.11 Å². The van der Waals surface area contributed by atoms with E-state index in [1.54, 1.807) is 6.92 Å². The van der Waals surface area contributed by atoms with Crippen molar-refractivity contribution in [3.8, 4) is 0 Å². The van der Waals surface area contributed by atoms with E-state index in [-0.39, 0.29) is 16.5 Å². The number of nitrogens with one attached hydrogen (secondary N) is 1. The molecule has 0 bridgehead atoms. The zero-order chi connectivity index (χ0) is 15.8. The summed E-state index contributed by atoms with van der Waals surface area (Å²) in [5.41, 5.74) is 0.467. The zero-order valence-corrected chi connectivity index (χ0v) is 14.3. The lowest BCUT2D eigenvalue weighted by atomic mass is 10.1. The molecule has 1 saturated carbocycles. The van der Waals surface area contributed by atoms with Crippen LogP contribution in [0.1, 0.15) is 42.1 Å². The van der Waals surface area contributed by atoms with Crippen LogP contribution in [0.4, 0.5) is 0 Å². The molecule has 1 aromatic carbocycles. The minimum Gasteiger partial charge on any atom is -0.478 e. The lowest BCUT2D eigenvalue weighted by Gasteiger charge is -2.11. The van der Waals surface area contributed by atoms with Gasteiger partial charge in [-0.15, -0.1) is 0 Å². The van der Waals surface area contributed by atoms with Crippen molar-refractivity contribution >= 4 is 31.9 Å². The molecule has 5 nitrogen and oxygen atoms in total. The molecule has 2 N–H and O–H groups in total. The lowest BCUT2D eigenvalue weighted by molar-refractivity contribution is 0.0696. The van der Waals surface area contributed by atoms with E-state index >= 15 is 0 Å². The highest BCUT2D eigenvalue weighted by Gasteiger charge is 2.39. The van der Waals surface area contributed by atoms with E-state index in [1.807, 2.05) is 0 Å². The highest BCUT2D eigenvalue weighted by Crippen LogP contribution is 2.36. The average molecular weight is 376 g/mol. The molecule has 2 rings (SSSR count). The molecule has 1 fully saturated rings. The van der Waals surface area contributed by atoms with Crippen molar-refractivity contribution in [3.63, 3.8) is 0 Å². The van der Waals surface area contributed by atoms with Gasteiger partial charge in [-0.05, 0) is 43.4 Å². The van der Waals surface area contributed by atoms with Crippen LogP contribution in [-0.2, 0) is 10.0 Å². The Morgan fingerprint density at radius 1 is 1.48 bits per heavy atom. The van der Waals surface area contributed by atoms with Gasteiger partial charge in [-0.25, -0.2) is 17.9 Å². The van der Waals surface area contributed by atoms with E-state index in [2.05, 4.69) is 27.6 Å². The van der Waals surface area contributed by atoms with Crippen LogP contribution in [0.25, 0.3) is 0 Å². The molecular weight excluding hydrogens is 358 g/mol. The second-order valence-electron chi connectivity index (χ2n) is 5.40. The summed E-state index contributed by atoms with van der Waals surface area (Å²) in [6, 6.07) is 2.59. The fourth-order valence-electron chi connectivity index (χ4n) is 2.40. The maximum absolute atomic E-state index is 12.5. The molecule has 0 aliphatic heterocycles. The number of halogens is 1. The van der Waals surface area contributed by atoms with Crippen molar-refractivity contribution in [1.82, 2.24) is 4.72 Å². The van der Waals surface area contributed by atoms with Gasteiger partial charge in [0.25, 0.3) is 0 Å². The minimum absolute atomic E-state index is 0.0245. The smallest absolute Gasteiger partial charge is 0.335 e. The number of carboxylic acid groups (broad SMARTS) is 1. The van der Waals surface area contributed by atoms with Gasteiger partial charge in [0.2, 0.25) is 10.0 Å². The minimum atomic E-state index is -3.70. The Labute approximate surface area is 132 Å². The van der Waals surface area contributed by atoms with Crippen LogP contribution in [0.2, 0.25) is 0 Å². The maximum atomic E-state index is 12.5. The Kier molecular flexibility index (Phi) is 4.75. The summed E-state index contributed by atoms with van der Waals surface area (Å²) in [5.74, 6) is -0.751. The number of benzene rings is 1. The molecule has 2 unspecified atom stereocenters. The standard InChI is InChI=1S/C14H18BrNO4S/c1-3-4-9-6-12(9)16-21(19,20)13-7-10(14(17)18)5-11(15)8(13)2/h5,7,9,12,16H,3-4,6H2,1-2H3,(H,17,18). The second kappa shape index (κ2) is 6.06. The van der Waals surface area contributed by atoms with E-state index in [9.17, 15) is 13.2 Å². The predicted octanol–water partition coefficient (Wildman–Crippen LogP) is 2.92. The van der Waals surface area contributed by atoms with Crippen molar-refractivity contribution < 1.29 is 18.3 Å². The SMILES string of the molecule is CCCC1CC1NS(=O)(=O)c1cc(C(=O)O)cc(Br)c1C. The monoisotopic (exact) mass is 375 g/mol. The van der Waals surface area contributed by atoms with Gasteiger partial charge in [-0.2, -0.15) is 0 Å². The van der Waals surface area contributed by atoms with Gasteiger partial charge in [-0.1, -0.05) is 29.3 Å². The number of sulfonamides is 1. The Morgan fingerprint density at radius 2 is 2.14 bits per heavy atom. The Morgan fingerprint density at radius 3 is 2.71 bits per heavy atom. The summed E-state index contributed by atoms with van der Waals surface area (Å²) in [7, 11) is -3.70. The molecule has 0 aromatic heterocycles. The molecule has 116 valence electrons. The average Bonchev–Trinajstić information content (AvgIpc) is 3.09. The molecular formula is C14H18BrNO4S. The van der Waals surface area contributed by atoms with E-state index in [0.29, 0.717) is 16.0 Å². The van der Waals surface area contributed by atoms with Crippen molar-refractivity contribution in [1.29, 1.82) is 0 Å². The highest BCUT2D eigenvalue weighted by atomic mass is 79.9. The molecule has 0 heterocycles. The first-order valence-corrected chi connectivity index (χ1v) is 9.09. The van der Waals surface area contributed by atoms with Crippen molar-refractivity contribution in [2.75, 3.05) is 0 Å². The van der Waals surface area contributed by atoms with Crippen LogP contribution >= 0.6 is 15.9 Å². The number of aromatic carboxylic acids is 1. The quantitative estimate of drug-likeness (QED) is 0.800. The van der Waals surface area contributed by atoms with Gasteiger partial charge in [-0.3, -0.25) is 0 Å². The molecule has 2 atom stereocenters. The van der Waals surface area contributed by atoms with Gasteiger partial charge >= 0.3 is 5.97 Å². The van der Waals surface area contributed by atoms with Crippen LogP contribution in [0.15, 0.2) is 21.5 Å². The summed E-state index contributed by atoms with van der Waals surface area (Å²) >= 11 is 3.22. The van der Waals surface area contributed by atoms with Gasteiger partial charge in [0, 0.05) is 10.5 Å². The Balaban J connectivity index is 2.30. The maximum Gasteiger partial charge on any atom is 0.335 e. The van der Waals surface area contributed by atoms with E-state index in [1.165, 1.54) is 12.1 Å². The molecule has 0 spiro atoms. The van der Waals surface area contributed by atoms with Crippen molar-refractivity contribution in [3.05, 3.63) is 27.7 Å². The summed E-state index contributed by atoms with van der Waals surface area (Å²) < 4.78 is 28.1. The van der Waals surface area contributed by atoms with Gasteiger partial charge < -0.3 is 5.11 Å². The third kappa shape index (κ3) is 3.64.